The van der Waals surface area contributed by atoms with Gasteiger partial charge in [-0.2, -0.15) is 0 Å². The number of non-ortho nitro benzene ring substituents is 1. The molecule has 0 bridgehead atoms. The number of nitrogens with one attached hydrogen (secondary N) is 1. The highest BCUT2D eigenvalue weighted by atomic mass is 79.9. The zero-order valence-corrected chi connectivity index (χ0v) is 11.9. The van der Waals surface area contributed by atoms with Gasteiger partial charge in [-0.1, -0.05) is 11.8 Å². The van der Waals surface area contributed by atoms with Crippen LogP contribution in [0.25, 0.3) is 0 Å². The predicted molar refractivity (Wildman–Crippen MR) is 77.0 cm³/mol. The van der Waals surface area contributed by atoms with Crippen LogP contribution in [-0.2, 0) is 0 Å². The molecule has 19 heavy (non-hydrogen) atoms. The van der Waals surface area contributed by atoms with Crippen molar-refractivity contribution in [2.24, 2.45) is 5.84 Å². The van der Waals surface area contributed by atoms with Gasteiger partial charge in [0, 0.05) is 23.2 Å². The van der Waals surface area contributed by atoms with E-state index < -0.39 is 4.92 Å². The third kappa shape index (κ3) is 3.43. The van der Waals surface area contributed by atoms with Crippen molar-refractivity contribution >= 4 is 39.1 Å². The molecule has 6 nitrogen and oxygen atoms in total. The van der Waals surface area contributed by atoms with Crippen molar-refractivity contribution in [2.75, 3.05) is 5.43 Å². The smallest absolute Gasteiger partial charge is 0.272 e. The Morgan fingerprint density at radius 1 is 1.42 bits per heavy atom. The Morgan fingerprint density at radius 2 is 2.21 bits per heavy atom. The van der Waals surface area contributed by atoms with Crippen molar-refractivity contribution in [3.8, 4) is 0 Å². The minimum Gasteiger partial charge on any atom is -0.324 e. The molecule has 0 saturated carbocycles. The average molecular weight is 341 g/mol. The second kappa shape index (κ2) is 6.00. The van der Waals surface area contributed by atoms with Crippen LogP contribution < -0.4 is 11.3 Å². The first kappa shape index (κ1) is 13.8. The van der Waals surface area contributed by atoms with Gasteiger partial charge >= 0.3 is 0 Å². The van der Waals surface area contributed by atoms with Crippen LogP contribution in [-0.4, -0.2) is 9.91 Å². The van der Waals surface area contributed by atoms with E-state index in [1.165, 1.54) is 23.9 Å². The largest absolute Gasteiger partial charge is 0.324 e. The molecule has 1 aromatic heterocycles. The quantitative estimate of drug-likeness (QED) is 0.504. The second-order valence-corrected chi connectivity index (χ2v) is 5.43. The number of rotatable bonds is 4. The number of hydrogen-bond acceptors (Lipinski definition) is 6. The Kier molecular flexibility index (Phi) is 4.35. The number of benzene rings is 1. The van der Waals surface area contributed by atoms with E-state index in [0.717, 1.165) is 9.50 Å². The van der Waals surface area contributed by atoms with E-state index in [0.29, 0.717) is 10.6 Å². The van der Waals surface area contributed by atoms with Crippen LogP contribution in [0.3, 0.4) is 0 Å². The van der Waals surface area contributed by atoms with Crippen LogP contribution in [0.1, 0.15) is 0 Å². The van der Waals surface area contributed by atoms with Crippen molar-refractivity contribution in [2.45, 2.75) is 9.92 Å². The molecule has 0 radical (unpaired) electrons. The Balaban J connectivity index is 2.37. The van der Waals surface area contributed by atoms with Gasteiger partial charge < -0.3 is 5.43 Å². The zero-order valence-electron chi connectivity index (χ0n) is 9.54. The first-order valence-electron chi connectivity index (χ1n) is 5.14. The van der Waals surface area contributed by atoms with Gasteiger partial charge in [-0.3, -0.25) is 16.0 Å². The summed E-state index contributed by atoms with van der Waals surface area (Å²) in [6, 6.07) is 8.23. The molecule has 2 rings (SSSR count). The van der Waals surface area contributed by atoms with Gasteiger partial charge in [-0.05, 0) is 34.1 Å². The molecular formula is C11H9BrN4O2S. The van der Waals surface area contributed by atoms with Crippen molar-refractivity contribution in [3.05, 3.63) is 51.1 Å². The fourth-order valence-electron chi connectivity index (χ4n) is 1.39. The summed E-state index contributed by atoms with van der Waals surface area (Å²) >= 11 is 4.70. The molecule has 0 atom stereocenters. The molecule has 98 valence electrons. The van der Waals surface area contributed by atoms with Crippen molar-refractivity contribution < 1.29 is 4.92 Å². The van der Waals surface area contributed by atoms with Crippen LogP contribution in [0.5, 0.6) is 0 Å². The molecule has 0 saturated heterocycles. The lowest BCUT2D eigenvalue weighted by Crippen LogP contribution is -2.07. The molecular weight excluding hydrogens is 332 g/mol. The molecule has 0 fully saturated rings. The van der Waals surface area contributed by atoms with E-state index in [1.54, 1.807) is 18.3 Å². The second-order valence-electron chi connectivity index (χ2n) is 3.51. The molecule has 0 amide bonds. The molecule has 0 unspecified atom stereocenters. The molecule has 2 aromatic rings. The monoisotopic (exact) mass is 340 g/mol. The van der Waals surface area contributed by atoms with Crippen LogP contribution in [0.4, 0.5) is 11.4 Å². The average Bonchev–Trinajstić information content (AvgIpc) is 2.41. The van der Waals surface area contributed by atoms with Gasteiger partial charge in [0.25, 0.3) is 5.69 Å². The molecule has 0 aliphatic rings. The van der Waals surface area contributed by atoms with Crippen LogP contribution in [0.15, 0.2) is 50.9 Å². The van der Waals surface area contributed by atoms with Crippen molar-refractivity contribution in [3.63, 3.8) is 0 Å². The first-order valence-corrected chi connectivity index (χ1v) is 6.75. The number of nitrogens with two attached hydrogens (primary N) is 1. The van der Waals surface area contributed by atoms with Gasteiger partial charge in [0.1, 0.15) is 5.03 Å². The SMILES string of the molecule is NNc1cc(Sc2ncccc2Br)cc([N+](=O)[O-])c1. The lowest BCUT2D eigenvalue weighted by atomic mass is 10.3. The molecule has 1 heterocycles. The van der Waals surface area contributed by atoms with Crippen LogP contribution >= 0.6 is 27.7 Å². The molecule has 1 aromatic carbocycles. The number of nitrogen functional groups attached to an aromatic ring is 1. The van der Waals surface area contributed by atoms with Gasteiger partial charge in [0.15, 0.2) is 0 Å². The Labute approximate surface area is 121 Å². The molecule has 3 N–H and O–H groups in total. The number of hydrogen-bond donors (Lipinski definition) is 2. The summed E-state index contributed by atoms with van der Waals surface area (Å²) in [5.74, 6) is 5.30. The Morgan fingerprint density at radius 3 is 2.84 bits per heavy atom. The van der Waals surface area contributed by atoms with Gasteiger partial charge in [0.05, 0.1) is 15.1 Å². The van der Waals surface area contributed by atoms with Crippen LogP contribution in [0, 0.1) is 10.1 Å². The normalized spacial score (nSPS) is 10.2. The molecule has 8 heteroatoms. The van der Waals surface area contributed by atoms with E-state index in [4.69, 9.17) is 5.84 Å². The molecule has 0 aliphatic carbocycles. The highest BCUT2D eigenvalue weighted by molar-refractivity contribution is 9.10. The van der Waals surface area contributed by atoms with Gasteiger partial charge in [-0.15, -0.1) is 0 Å². The maximum absolute atomic E-state index is 10.8. The minimum atomic E-state index is -0.460. The Hall–Kier alpha value is -1.64. The van der Waals surface area contributed by atoms with E-state index in [1.807, 2.05) is 6.07 Å². The maximum atomic E-state index is 10.8. The number of nitrogens with zero attached hydrogens (tertiary/aromatic N) is 2. The summed E-state index contributed by atoms with van der Waals surface area (Å²) in [6.07, 6.45) is 1.66. The number of anilines is 1. The number of aromatic nitrogens is 1. The summed E-state index contributed by atoms with van der Waals surface area (Å²) in [5.41, 5.74) is 2.87. The summed E-state index contributed by atoms with van der Waals surface area (Å²) in [4.78, 5) is 15.3. The summed E-state index contributed by atoms with van der Waals surface area (Å²) < 4.78 is 0.828. The third-order valence-corrected chi connectivity index (χ3v) is 4.10. The summed E-state index contributed by atoms with van der Waals surface area (Å²) in [5, 5.41) is 11.6. The summed E-state index contributed by atoms with van der Waals surface area (Å²) in [6.45, 7) is 0. The third-order valence-electron chi connectivity index (χ3n) is 2.21. The fourth-order valence-corrected chi connectivity index (χ4v) is 2.75. The van der Waals surface area contributed by atoms with Gasteiger partial charge in [0.2, 0.25) is 0 Å². The van der Waals surface area contributed by atoms with Gasteiger partial charge in [-0.25, -0.2) is 4.98 Å². The molecule has 0 aliphatic heterocycles. The number of nitro benzene ring substituents is 1. The lowest BCUT2D eigenvalue weighted by molar-refractivity contribution is -0.385. The minimum absolute atomic E-state index is 0.0231. The fraction of sp³-hybridized carbons (Fsp3) is 0. The van der Waals surface area contributed by atoms with Crippen molar-refractivity contribution in [1.82, 2.24) is 4.98 Å². The lowest BCUT2D eigenvalue weighted by Gasteiger charge is -2.06. The van der Waals surface area contributed by atoms with E-state index in [2.05, 4.69) is 26.3 Å². The van der Waals surface area contributed by atoms with E-state index in [-0.39, 0.29) is 5.69 Å². The van der Waals surface area contributed by atoms with Crippen LogP contribution in [0.2, 0.25) is 0 Å². The van der Waals surface area contributed by atoms with E-state index >= 15 is 0 Å². The molecule has 0 spiro atoms. The highest BCUT2D eigenvalue weighted by Gasteiger charge is 2.11. The number of halogens is 1. The maximum Gasteiger partial charge on any atom is 0.272 e. The highest BCUT2D eigenvalue weighted by Crippen LogP contribution is 2.34. The topological polar surface area (TPSA) is 94.1 Å². The Bertz CT molecular complexity index is 623. The standard InChI is InChI=1S/C11H9BrN4O2S/c12-10-2-1-3-14-11(10)19-9-5-7(15-13)4-8(6-9)16(17)18/h1-6,15H,13H2. The zero-order chi connectivity index (χ0) is 13.8. The number of nitro groups is 1. The van der Waals surface area contributed by atoms with E-state index in [9.17, 15) is 10.1 Å². The number of hydrazine groups is 1. The van der Waals surface area contributed by atoms with Crippen molar-refractivity contribution in [1.29, 1.82) is 0 Å². The predicted octanol–water partition coefficient (Wildman–Crippen LogP) is 3.19. The first-order chi connectivity index (χ1) is 9.10. The number of pyridine rings is 1. The summed E-state index contributed by atoms with van der Waals surface area (Å²) in [7, 11) is 0.